The van der Waals surface area contributed by atoms with Crippen LogP contribution in [0.25, 0.3) is 0 Å². The van der Waals surface area contributed by atoms with Gasteiger partial charge in [0, 0.05) is 0 Å². The van der Waals surface area contributed by atoms with Crippen molar-refractivity contribution in [3.05, 3.63) is 12.0 Å². The largest absolute Gasteiger partial charge is 0.444 e. The molecule has 2 saturated carbocycles. The average molecular weight is 283 g/mol. The van der Waals surface area contributed by atoms with Crippen LogP contribution in [0.4, 0.5) is 9.18 Å². The molecule has 2 rings (SSSR count). The van der Waals surface area contributed by atoms with Crippen LogP contribution in [0.15, 0.2) is 17.0 Å². The maximum atomic E-state index is 12.5. The molecule has 0 saturated heterocycles. The van der Waals surface area contributed by atoms with Crippen molar-refractivity contribution in [2.24, 2.45) is 16.1 Å². The van der Waals surface area contributed by atoms with Crippen LogP contribution in [0.2, 0.25) is 0 Å². The lowest BCUT2D eigenvalue weighted by Crippen LogP contribution is -2.37. The monoisotopic (exact) mass is 283 g/mol. The SMILES string of the molecule is CCC(=C/F)/N=C(\N)C12CC1(NC(=O)OC(C)(C)C)C2. The third-order valence-corrected chi connectivity index (χ3v) is 3.86. The Labute approximate surface area is 118 Å². The average Bonchev–Trinajstić information content (AvgIpc) is 3.09. The van der Waals surface area contributed by atoms with E-state index in [1.54, 1.807) is 0 Å². The lowest BCUT2D eigenvalue weighted by Gasteiger charge is -2.20. The summed E-state index contributed by atoms with van der Waals surface area (Å²) in [5.41, 5.74) is 5.13. The first-order chi connectivity index (χ1) is 9.18. The molecular formula is C14H22FN3O2. The highest BCUT2D eigenvalue weighted by Crippen LogP contribution is 2.78. The van der Waals surface area contributed by atoms with Crippen LogP contribution in [-0.2, 0) is 4.74 Å². The number of nitrogens with two attached hydrogens (primary N) is 1. The fraction of sp³-hybridized carbons (Fsp3) is 0.714. The first-order valence-corrected chi connectivity index (χ1v) is 6.83. The van der Waals surface area contributed by atoms with Crippen LogP contribution in [0.1, 0.15) is 47.0 Å². The molecule has 6 heteroatoms. The number of allylic oxidation sites excluding steroid dienone is 1. The van der Waals surface area contributed by atoms with E-state index in [2.05, 4.69) is 10.3 Å². The van der Waals surface area contributed by atoms with Gasteiger partial charge in [0.05, 0.1) is 16.7 Å². The minimum absolute atomic E-state index is 0.284. The molecule has 2 aliphatic rings. The summed E-state index contributed by atoms with van der Waals surface area (Å²) in [5.74, 6) is 0.402. The number of nitrogens with zero attached hydrogens (tertiary/aromatic N) is 1. The molecule has 5 nitrogen and oxygen atoms in total. The smallest absolute Gasteiger partial charge is 0.408 e. The molecule has 112 valence electrons. The van der Waals surface area contributed by atoms with Gasteiger partial charge >= 0.3 is 6.09 Å². The molecule has 0 spiro atoms. The van der Waals surface area contributed by atoms with Gasteiger partial charge in [-0.15, -0.1) is 0 Å². The number of ether oxygens (including phenoxy) is 1. The second-order valence-electron chi connectivity index (χ2n) is 6.60. The number of hydrogen-bond donors (Lipinski definition) is 2. The number of carbonyl (C=O) groups excluding carboxylic acids is 1. The Morgan fingerprint density at radius 2 is 2.10 bits per heavy atom. The number of alkyl carbamates (subject to hydrolysis) is 1. The summed E-state index contributed by atoms with van der Waals surface area (Å²) in [5, 5.41) is 2.86. The molecular weight excluding hydrogens is 261 g/mol. The quantitative estimate of drug-likeness (QED) is 0.615. The number of fused-ring (bicyclic) bond motifs is 1. The lowest BCUT2D eigenvalue weighted by atomic mass is 10.2. The second-order valence-corrected chi connectivity index (χ2v) is 6.60. The van der Waals surface area contributed by atoms with Gasteiger partial charge in [-0.3, -0.25) is 0 Å². The normalized spacial score (nSPS) is 32.5. The van der Waals surface area contributed by atoms with Crippen molar-refractivity contribution in [1.29, 1.82) is 0 Å². The summed E-state index contributed by atoms with van der Waals surface area (Å²) in [4.78, 5) is 15.9. The minimum atomic E-state index is -0.529. The Morgan fingerprint density at radius 3 is 2.55 bits per heavy atom. The molecule has 2 aliphatic carbocycles. The number of rotatable bonds is 4. The molecule has 1 amide bonds. The van der Waals surface area contributed by atoms with E-state index in [9.17, 15) is 9.18 Å². The van der Waals surface area contributed by atoms with Gasteiger partial charge in [0.15, 0.2) is 0 Å². The molecule has 0 aromatic heterocycles. The van der Waals surface area contributed by atoms with Crippen molar-refractivity contribution in [3.63, 3.8) is 0 Å². The van der Waals surface area contributed by atoms with Crippen LogP contribution in [0, 0.1) is 5.41 Å². The van der Waals surface area contributed by atoms with E-state index in [1.807, 2.05) is 27.7 Å². The van der Waals surface area contributed by atoms with E-state index in [0.29, 0.717) is 24.3 Å². The van der Waals surface area contributed by atoms with Gasteiger partial charge in [0.2, 0.25) is 0 Å². The Hall–Kier alpha value is -1.59. The van der Waals surface area contributed by atoms with E-state index in [-0.39, 0.29) is 11.0 Å². The van der Waals surface area contributed by atoms with Gasteiger partial charge in [-0.25, -0.2) is 14.2 Å². The zero-order chi connectivity index (χ0) is 15.2. The summed E-state index contributed by atoms with van der Waals surface area (Å²) in [6.45, 7) is 7.25. The van der Waals surface area contributed by atoms with Gasteiger partial charge < -0.3 is 15.8 Å². The van der Waals surface area contributed by atoms with E-state index in [4.69, 9.17) is 10.5 Å². The predicted octanol–water partition coefficient (Wildman–Crippen LogP) is 2.62. The fourth-order valence-electron chi connectivity index (χ4n) is 2.47. The number of hydrogen-bond acceptors (Lipinski definition) is 3. The highest BCUT2D eigenvalue weighted by Gasteiger charge is 2.86. The first kappa shape index (κ1) is 14.8. The lowest BCUT2D eigenvalue weighted by molar-refractivity contribution is 0.0511. The summed E-state index contributed by atoms with van der Waals surface area (Å²) < 4.78 is 17.7. The van der Waals surface area contributed by atoms with Gasteiger partial charge in [-0.05, 0) is 40.0 Å². The maximum Gasteiger partial charge on any atom is 0.408 e. The van der Waals surface area contributed by atoms with Crippen LogP contribution in [0.5, 0.6) is 0 Å². The van der Waals surface area contributed by atoms with E-state index in [1.165, 1.54) is 0 Å². The van der Waals surface area contributed by atoms with Crippen molar-refractivity contribution in [2.45, 2.75) is 58.1 Å². The maximum absolute atomic E-state index is 12.5. The highest BCUT2D eigenvalue weighted by atomic mass is 19.1. The van der Waals surface area contributed by atoms with E-state index < -0.39 is 11.7 Å². The Kier molecular flexibility index (Phi) is 3.31. The summed E-state index contributed by atoms with van der Waals surface area (Å²) >= 11 is 0. The van der Waals surface area contributed by atoms with Gasteiger partial charge in [0.1, 0.15) is 17.8 Å². The molecule has 2 fully saturated rings. The Balaban J connectivity index is 1.96. The highest BCUT2D eigenvalue weighted by molar-refractivity contribution is 5.98. The summed E-state index contributed by atoms with van der Waals surface area (Å²) in [7, 11) is 0. The van der Waals surface area contributed by atoms with E-state index >= 15 is 0 Å². The minimum Gasteiger partial charge on any atom is -0.444 e. The number of halogens is 1. The van der Waals surface area contributed by atoms with Gasteiger partial charge in [-0.2, -0.15) is 0 Å². The third kappa shape index (κ3) is 2.51. The molecule has 0 aromatic carbocycles. The van der Waals surface area contributed by atoms with Crippen LogP contribution >= 0.6 is 0 Å². The molecule has 20 heavy (non-hydrogen) atoms. The van der Waals surface area contributed by atoms with Crippen molar-refractivity contribution in [1.82, 2.24) is 5.32 Å². The van der Waals surface area contributed by atoms with Crippen molar-refractivity contribution in [2.75, 3.05) is 0 Å². The number of carbonyl (C=O) groups is 1. The number of amides is 1. The number of aliphatic imine (C=N–C) groups is 1. The Bertz CT molecular complexity index is 485. The Morgan fingerprint density at radius 1 is 1.50 bits per heavy atom. The standard InChI is InChI=1S/C14H22FN3O2/c1-5-9(6-15)17-10(16)13-7-14(13,8-13)18-11(19)20-12(2,3)4/h6H,5,7-8H2,1-4H3,(H2,16,17)(H,18,19)/b9-6-. The number of amidine groups is 1. The predicted molar refractivity (Wildman–Crippen MR) is 74.9 cm³/mol. The second kappa shape index (κ2) is 4.46. The van der Waals surface area contributed by atoms with Crippen LogP contribution in [-0.4, -0.2) is 23.1 Å². The molecule has 0 atom stereocenters. The zero-order valence-electron chi connectivity index (χ0n) is 12.4. The van der Waals surface area contributed by atoms with Gasteiger partial charge in [-0.1, -0.05) is 6.92 Å². The first-order valence-electron chi connectivity index (χ1n) is 6.83. The van der Waals surface area contributed by atoms with Crippen LogP contribution < -0.4 is 11.1 Å². The molecule has 0 radical (unpaired) electrons. The third-order valence-electron chi connectivity index (χ3n) is 3.86. The fourth-order valence-corrected chi connectivity index (χ4v) is 2.47. The summed E-state index contributed by atoms with van der Waals surface area (Å²) in [6.07, 6.45) is 2.01. The molecule has 0 heterocycles. The van der Waals surface area contributed by atoms with Crippen molar-refractivity contribution in [3.8, 4) is 0 Å². The van der Waals surface area contributed by atoms with Crippen molar-refractivity contribution >= 4 is 11.9 Å². The molecule has 3 N–H and O–H groups in total. The molecule has 0 aliphatic heterocycles. The molecule has 0 bridgehead atoms. The van der Waals surface area contributed by atoms with E-state index in [0.717, 1.165) is 12.8 Å². The van der Waals surface area contributed by atoms with Crippen molar-refractivity contribution < 1.29 is 13.9 Å². The molecule has 0 unspecified atom stereocenters. The van der Waals surface area contributed by atoms with Crippen LogP contribution in [0.3, 0.4) is 0 Å². The molecule has 0 aromatic rings. The zero-order valence-corrected chi connectivity index (χ0v) is 12.4. The topological polar surface area (TPSA) is 76.7 Å². The van der Waals surface area contributed by atoms with Gasteiger partial charge in [0.25, 0.3) is 0 Å². The number of nitrogens with one attached hydrogen (secondary N) is 1. The summed E-state index contributed by atoms with van der Waals surface area (Å²) in [6, 6.07) is 0.